The predicted octanol–water partition coefficient (Wildman–Crippen LogP) is 1.95. The molecular formula is C7H10Cl2O2. The summed E-state index contributed by atoms with van der Waals surface area (Å²) in [4.78, 5) is 9.73. The van der Waals surface area contributed by atoms with Crippen LogP contribution in [0.4, 0.5) is 0 Å². The molecule has 0 rings (SSSR count). The summed E-state index contributed by atoms with van der Waals surface area (Å²) in [7, 11) is 0. The molecule has 0 N–H and O–H groups in total. The van der Waals surface area contributed by atoms with E-state index < -0.39 is 4.84 Å². The number of hydrogen-bond donors (Lipinski definition) is 0. The van der Waals surface area contributed by atoms with E-state index in [9.17, 15) is 4.79 Å². The van der Waals surface area contributed by atoms with E-state index in [0.29, 0.717) is 13.2 Å². The molecule has 0 saturated carbocycles. The van der Waals surface area contributed by atoms with Crippen molar-refractivity contribution in [2.24, 2.45) is 0 Å². The maximum Gasteiger partial charge on any atom is 0.188 e. The van der Waals surface area contributed by atoms with Gasteiger partial charge in [0.2, 0.25) is 0 Å². The zero-order valence-corrected chi connectivity index (χ0v) is 7.73. The Hall–Kier alpha value is -0.0500. The summed E-state index contributed by atoms with van der Waals surface area (Å²) in [6.07, 6.45) is 2.91. The van der Waals surface area contributed by atoms with E-state index in [4.69, 9.17) is 27.9 Å². The molecule has 11 heavy (non-hydrogen) atoms. The van der Waals surface area contributed by atoms with Gasteiger partial charge in [-0.05, 0) is 13.0 Å². The number of carbonyl (C=O) groups is 1. The van der Waals surface area contributed by atoms with Gasteiger partial charge in [0.15, 0.2) is 10.6 Å². The van der Waals surface area contributed by atoms with Crippen LogP contribution in [0.5, 0.6) is 0 Å². The molecule has 0 aromatic rings. The predicted molar refractivity (Wildman–Crippen MR) is 46.1 cm³/mol. The molecule has 0 atom stereocenters. The number of alkyl halides is 2. The highest BCUT2D eigenvalue weighted by molar-refractivity contribution is 6.54. The van der Waals surface area contributed by atoms with E-state index >= 15 is 0 Å². The zero-order valence-electron chi connectivity index (χ0n) is 6.22. The largest absolute Gasteiger partial charge is 0.378 e. The second-order valence-electron chi connectivity index (χ2n) is 1.76. The van der Waals surface area contributed by atoms with Gasteiger partial charge in [0.05, 0.1) is 6.61 Å². The molecule has 0 amide bonds. The molecule has 0 bridgehead atoms. The topological polar surface area (TPSA) is 26.3 Å². The molecule has 0 aliphatic heterocycles. The van der Waals surface area contributed by atoms with Gasteiger partial charge in [0, 0.05) is 6.61 Å². The van der Waals surface area contributed by atoms with Crippen LogP contribution in [0.15, 0.2) is 12.2 Å². The highest BCUT2D eigenvalue weighted by Gasteiger charge is 2.05. The SMILES string of the molecule is CCOC/C=C/C(=O)C(Cl)Cl. The first-order valence-corrected chi connectivity index (χ1v) is 4.12. The van der Waals surface area contributed by atoms with Crippen LogP contribution < -0.4 is 0 Å². The van der Waals surface area contributed by atoms with E-state index in [2.05, 4.69) is 0 Å². The maximum atomic E-state index is 10.7. The zero-order chi connectivity index (χ0) is 8.69. The lowest BCUT2D eigenvalue weighted by Gasteiger charge is -1.93. The number of rotatable bonds is 5. The van der Waals surface area contributed by atoms with Crippen molar-refractivity contribution in [3.63, 3.8) is 0 Å². The first kappa shape index (κ1) is 11.0. The van der Waals surface area contributed by atoms with Crippen molar-refractivity contribution in [2.75, 3.05) is 13.2 Å². The molecule has 2 nitrogen and oxygen atoms in total. The van der Waals surface area contributed by atoms with Crippen LogP contribution in [0, 0.1) is 0 Å². The smallest absolute Gasteiger partial charge is 0.188 e. The molecule has 0 aliphatic carbocycles. The van der Waals surface area contributed by atoms with Crippen molar-refractivity contribution < 1.29 is 9.53 Å². The molecule has 4 heteroatoms. The second kappa shape index (κ2) is 6.65. The van der Waals surface area contributed by atoms with Crippen LogP contribution >= 0.6 is 23.2 Å². The van der Waals surface area contributed by atoms with Gasteiger partial charge in [-0.2, -0.15) is 0 Å². The average Bonchev–Trinajstić information content (AvgIpc) is 1.97. The van der Waals surface area contributed by atoms with E-state index in [1.54, 1.807) is 6.08 Å². The summed E-state index contributed by atoms with van der Waals surface area (Å²) in [5.74, 6) is -0.312. The summed E-state index contributed by atoms with van der Waals surface area (Å²) in [5, 5.41) is 0. The Kier molecular flexibility index (Phi) is 6.62. The monoisotopic (exact) mass is 196 g/mol. The molecule has 0 radical (unpaired) electrons. The Morgan fingerprint density at radius 2 is 2.27 bits per heavy atom. The van der Waals surface area contributed by atoms with Crippen LogP contribution in [-0.2, 0) is 9.53 Å². The van der Waals surface area contributed by atoms with E-state index in [1.165, 1.54) is 6.08 Å². The summed E-state index contributed by atoms with van der Waals surface area (Å²) in [6.45, 7) is 2.92. The number of hydrogen-bond acceptors (Lipinski definition) is 2. The standard InChI is InChI=1S/C7H10Cl2O2/c1-2-11-5-3-4-6(10)7(8)9/h3-4,7H,2,5H2,1H3/b4-3+. The van der Waals surface area contributed by atoms with Crippen molar-refractivity contribution in [2.45, 2.75) is 11.8 Å². The molecule has 0 saturated heterocycles. The Morgan fingerprint density at radius 1 is 1.64 bits per heavy atom. The molecule has 0 aromatic carbocycles. The highest BCUT2D eigenvalue weighted by atomic mass is 35.5. The minimum Gasteiger partial charge on any atom is -0.378 e. The number of carbonyl (C=O) groups excluding carboxylic acids is 1. The van der Waals surface area contributed by atoms with Gasteiger partial charge >= 0.3 is 0 Å². The maximum absolute atomic E-state index is 10.7. The van der Waals surface area contributed by atoms with Crippen molar-refractivity contribution in [1.82, 2.24) is 0 Å². The normalized spacial score (nSPS) is 11.3. The Morgan fingerprint density at radius 3 is 2.73 bits per heavy atom. The second-order valence-corrected chi connectivity index (χ2v) is 2.86. The molecule has 0 aromatic heterocycles. The third-order valence-electron chi connectivity index (χ3n) is 0.915. The Labute approximate surface area is 76.1 Å². The fourth-order valence-electron chi connectivity index (χ4n) is 0.423. The minimum absolute atomic E-state index is 0.312. The average molecular weight is 197 g/mol. The number of halogens is 2. The Balaban J connectivity index is 3.49. The summed E-state index contributed by atoms with van der Waals surface area (Å²) < 4.78 is 4.94. The lowest BCUT2D eigenvalue weighted by atomic mass is 10.4. The van der Waals surface area contributed by atoms with Crippen molar-refractivity contribution in [3.8, 4) is 0 Å². The van der Waals surface area contributed by atoms with Crippen LogP contribution in [0.25, 0.3) is 0 Å². The van der Waals surface area contributed by atoms with Gasteiger partial charge < -0.3 is 4.74 Å². The number of allylic oxidation sites excluding steroid dienone is 1. The third-order valence-corrected chi connectivity index (χ3v) is 1.35. The quantitative estimate of drug-likeness (QED) is 0.382. The molecule has 0 fully saturated rings. The Bertz CT molecular complexity index is 143. The summed E-state index contributed by atoms with van der Waals surface area (Å²) in [5.41, 5.74) is 0. The van der Waals surface area contributed by atoms with E-state index in [-0.39, 0.29) is 5.78 Å². The van der Waals surface area contributed by atoms with Crippen LogP contribution in [0.1, 0.15) is 6.92 Å². The van der Waals surface area contributed by atoms with Crippen molar-refractivity contribution in [1.29, 1.82) is 0 Å². The molecule has 0 heterocycles. The van der Waals surface area contributed by atoms with E-state index in [0.717, 1.165) is 0 Å². The fraction of sp³-hybridized carbons (Fsp3) is 0.571. The fourth-order valence-corrected chi connectivity index (χ4v) is 0.568. The van der Waals surface area contributed by atoms with Gasteiger partial charge in [-0.15, -0.1) is 0 Å². The summed E-state index contributed by atoms with van der Waals surface area (Å²) >= 11 is 10.5. The molecule has 0 spiro atoms. The van der Waals surface area contributed by atoms with Crippen molar-refractivity contribution in [3.05, 3.63) is 12.2 Å². The van der Waals surface area contributed by atoms with Gasteiger partial charge in [0.25, 0.3) is 0 Å². The van der Waals surface area contributed by atoms with Crippen molar-refractivity contribution >= 4 is 29.0 Å². The van der Waals surface area contributed by atoms with Gasteiger partial charge in [-0.25, -0.2) is 0 Å². The molecule has 64 valence electrons. The van der Waals surface area contributed by atoms with Gasteiger partial charge in [-0.1, -0.05) is 29.3 Å². The molecule has 0 aliphatic rings. The minimum atomic E-state index is -0.965. The number of ketones is 1. The van der Waals surface area contributed by atoms with Gasteiger partial charge in [0.1, 0.15) is 0 Å². The lowest BCUT2D eigenvalue weighted by molar-refractivity contribution is -0.113. The van der Waals surface area contributed by atoms with Crippen LogP contribution in [0.2, 0.25) is 0 Å². The third kappa shape index (κ3) is 6.35. The molecule has 0 unspecified atom stereocenters. The van der Waals surface area contributed by atoms with Gasteiger partial charge in [-0.3, -0.25) is 4.79 Å². The van der Waals surface area contributed by atoms with E-state index in [1.807, 2.05) is 6.92 Å². The first-order valence-electron chi connectivity index (χ1n) is 3.24. The molecular weight excluding hydrogens is 187 g/mol. The first-order chi connectivity index (χ1) is 5.18. The number of ether oxygens (including phenoxy) is 1. The van der Waals surface area contributed by atoms with Crippen LogP contribution in [0.3, 0.4) is 0 Å². The highest BCUT2D eigenvalue weighted by Crippen LogP contribution is 2.02. The lowest BCUT2D eigenvalue weighted by Crippen LogP contribution is -2.03. The van der Waals surface area contributed by atoms with Crippen LogP contribution in [-0.4, -0.2) is 23.8 Å². The summed E-state index contributed by atoms with van der Waals surface area (Å²) in [6, 6.07) is 0.